The van der Waals surface area contributed by atoms with Crippen LogP contribution in [0.4, 0.5) is 0 Å². The second-order valence-corrected chi connectivity index (χ2v) is 6.62. The highest BCUT2D eigenvalue weighted by atomic mass is 16.5. The Balaban J connectivity index is 1.93. The first-order chi connectivity index (χ1) is 13.1. The van der Waals surface area contributed by atoms with Crippen molar-refractivity contribution in [2.24, 2.45) is 5.73 Å². The van der Waals surface area contributed by atoms with Crippen LogP contribution in [-0.4, -0.2) is 24.9 Å². The number of carbonyl (C=O) groups is 1. The number of nitrogens with two attached hydrogens (primary N) is 1. The quantitative estimate of drug-likeness (QED) is 0.720. The standard InChI is InChI=1S/C23H24N2O2/c1-25(2)23(26)21-12-20(19-10-8-17(15-24)9-11-19)13-22(14-21)27-16-18-6-4-3-5-7-18/h3-14H,15-16,24H2,1-2H3. The minimum atomic E-state index is -0.0556. The van der Waals surface area contributed by atoms with Gasteiger partial charge in [-0.25, -0.2) is 0 Å². The lowest BCUT2D eigenvalue weighted by Crippen LogP contribution is -2.21. The first kappa shape index (κ1) is 18.7. The molecule has 1 amide bonds. The fourth-order valence-corrected chi connectivity index (χ4v) is 2.80. The van der Waals surface area contributed by atoms with Crippen LogP contribution in [-0.2, 0) is 13.2 Å². The molecule has 27 heavy (non-hydrogen) atoms. The summed E-state index contributed by atoms with van der Waals surface area (Å²) in [6, 6.07) is 23.7. The van der Waals surface area contributed by atoms with Gasteiger partial charge in [-0.1, -0.05) is 54.6 Å². The van der Waals surface area contributed by atoms with Gasteiger partial charge in [-0.15, -0.1) is 0 Å². The van der Waals surface area contributed by atoms with Crippen molar-refractivity contribution < 1.29 is 9.53 Å². The van der Waals surface area contributed by atoms with Gasteiger partial charge >= 0.3 is 0 Å². The maximum absolute atomic E-state index is 12.5. The molecule has 3 rings (SSSR count). The molecule has 0 heterocycles. The van der Waals surface area contributed by atoms with Gasteiger partial charge in [-0.05, 0) is 40.5 Å². The molecule has 3 aromatic carbocycles. The van der Waals surface area contributed by atoms with Gasteiger partial charge < -0.3 is 15.4 Å². The molecule has 0 radical (unpaired) electrons. The van der Waals surface area contributed by atoms with Crippen LogP contribution in [0, 0.1) is 0 Å². The van der Waals surface area contributed by atoms with Crippen molar-refractivity contribution in [3.05, 3.63) is 89.5 Å². The van der Waals surface area contributed by atoms with E-state index in [1.807, 2.05) is 66.7 Å². The summed E-state index contributed by atoms with van der Waals surface area (Å²) in [7, 11) is 3.49. The smallest absolute Gasteiger partial charge is 0.253 e. The van der Waals surface area contributed by atoms with Crippen molar-refractivity contribution in [2.75, 3.05) is 14.1 Å². The van der Waals surface area contributed by atoms with Crippen LogP contribution in [0.25, 0.3) is 11.1 Å². The van der Waals surface area contributed by atoms with Gasteiger partial charge in [0.05, 0.1) is 0 Å². The monoisotopic (exact) mass is 360 g/mol. The van der Waals surface area contributed by atoms with Crippen LogP contribution < -0.4 is 10.5 Å². The lowest BCUT2D eigenvalue weighted by molar-refractivity contribution is 0.0827. The Bertz CT molecular complexity index is 903. The molecular weight excluding hydrogens is 336 g/mol. The van der Waals surface area contributed by atoms with Crippen molar-refractivity contribution in [1.29, 1.82) is 0 Å². The SMILES string of the molecule is CN(C)C(=O)c1cc(OCc2ccccc2)cc(-c2ccc(CN)cc2)c1. The van der Waals surface area contributed by atoms with E-state index >= 15 is 0 Å². The second-order valence-electron chi connectivity index (χ2n) is 6.62. The van der Waals surface area contributed by atoms with Crippen molar-refractivity contribution in [3.8, 4) is 16.9 Å². The predicted molar refractivity (Wildman–Crippen MR) is 109 cm³/mol. The van der Waals surface area contributed by atoms with Gasteiger partial charge in [0, 0.05) is 26.2 Å². The number of amides is 1. The molecule has 0 aromatic heterocycles. The molecule has 3 aromatic rings. The van der Waals surface area contributed by atoms with E-state index in [0.717, 1.165) is 22.3 Å². The fraction of sp³-hybridized carbons (Fsp3) is 0.174. The summed E-state index contributed by atoms with van der Waals surface area (Å²) < 4.78 is 5.98. The summed E-state index contributed by atoms with van der Waals surface area (Å²) >= 11 is 0. The molecule has 4 heteroatoms. The Labute approximate surface area is 160 Å². The third-order valence-electron chi connectivity index (χ3n) is 4.33. The Hall–Kier alpha value is -3.11. The van der Waals surface area contributed by atoms with Crippen LogP contribution in [0.1, 0.15) is 21.5 Å². The van der Waals surface area contributed by atoms with E-state index in [0.29, 0.717) is 24.5 Å². The fourth-order valence-electron chi connectivity index (χ4n) is 2.80. The molecule has 0 fully saturated rings. The number of rotatable bonds is 6. The van der Waals surface area contributed by atoms with Crippen LogP contribution in [0.2, 0.25) is 0 Å². The van der Waals surface area contributed by atoms with Crippen LogP contribution in [0.5, 0.6) is 5.75 Å². The van der Waals surface area contributed by atoms with E-state index in [2.05, 4.69) is 0 Å². The zero-order chi connectivity index (χ0) is 19.2. The van der Waals surface area contributed by atoms with Crippen LogP contribution in [0.15, 0.2) is 72.8 Å². The first-order valence-electron chi connectivity index (χ1n) is 8.89. The van der Waals surface area contributed by atoms with Gasteiger partial charge in [-0.3, -0.25) is 4.79 Å². The molecule has 2 N–H and O–H groups in total. The molecular formula is C23H24N2O2. The van der Waals surface area contributed by atoms with E-state index < -0.39 is 0 Å². The molecule has 4 nitrogen and oxygen atoms in total. The zero-order valence-corrected chi connectivity index (χ0v) is 15.7. The number of benzene rings is 3. The second kappa shape index (κ2) is 8.52. The normalized spacial score (nSPS) is 10.5. The summed E-state index contributed by atoms with van der Waals surface area (Å²) in [5, 5.41) is 0. The lowest BCUT2D eigenvalue weighted by atomic mass is 10.0. The number of nitrogens with zero attached hydrogens (tertiary/aromatic N) is 1. The molecule has 0 aliphatic heterocycles. The highest BCUT2D eigenvalue weighted by Gasteiger charge is 2.12. The number of hydrogen-bond acceptors (Lipinski definition) is 3. The van der Waals surface area contributed by atoms with Crippen molar-refractivity contribution in [3.63, 3.8) is 0 Å². The van der Waals surface area contributed by atoms with Gasteiger partial charge in [0.1, 0.15) is 12.4 Å². The van der Waals surface area contributed by atoms with E-state index in [-0.39, 0.29) is 5.91 Å². The summed E-state index contributed by atoms with van der Waals surface area (Å²) in [5.41, 5.74) is 10.4. The minimum Gasteiger partial charge on any atom is -0.489 e. The molecule has 0 spiro atoms. The largest absolute Gasteiger partial charge is 0.489 e. The lowest BCUT2D eigenvalue weighted by Gasteiger charge is -2.15. The van der Waals surface area contributed by atoms with E-state index in [9.17, 15) is 4.79 Å². The molecule has 0 bridgehead atoms. The average molecular weight is 360 g/mol. The Morgan fingerprint density at radius 3 is 2.22 bits per heavy atom. The Morgan fingerprint density at radius 2 is 1.59 bits per heavy atom. The molecule has 0 atom stereocenters. The van der Waals surface area contributed by atoms with Gasteiger partial charge in [0.25, 0.3) is 5.91 Å². The van der Waals surface area contributed by atoms with Gasteiger partial charge in [0.15, 0.2) is 0 Å². The topological polar surface area (TPSA) is 55.6 Å². The van der Waals surface area contributed by atoms with Crippen LogP contribution in [0.3, 0.4) is 0 Å². The first-order valence-corrected chi connectivity index (χ1v) is 8.89. The van der Waals surface area contributed by atoms with E-state index in [4.69, 9.17) is 10.5 Å². The van der Waals surface area contributed by atoms with E-state index in [1.54, 1.807) is 25.1 Å². The van der Waals surface area contributed by atoms with Crippen molar-refractivity contribution in [2.45, 2.75) is 13.2 Å². The maximum Gasteiger partial charge on any atom is 0.253 e. The highest BCUT2D eigenvalue weighted by molar-refractivity contribution is 5.95. The summed E-state index contributed by atoms with van der Waals surface area (Å²) in [5.74, 6) is 0.615. The van der Waals surface area contributed by atoms with Gasteiger partial charge in [0.2, 0.25) is 0 Å². The maximum atomic E-state index is 12.5. The zero-order valence-electron chi connectivity index (χ0n) is 15.7. The van der Waals surface area contributed by atoms with E-state index in [1.165, 1.54) is 0 Å². The highest BCUT2D eigenvalue weighted by Crippen LogP contribution is 2.27. The molecule has 138 valence electrons. The minimum absolute atomic E-state index is 0.0556. The summed E-state index contributed by atoms with van der Waals surface area (Å²) in [6.45, 7) is 0.955. The Morgan fingerprint density at radius 1 is 0.889 bits per heavy atom. The summed E-state index contributed by atoms with van der Waals surface area (Å²) in [6.07, 6.45) is 0. The molecule has 0 saturated carbocycles. The molecule has 0 aliphatic carbocycles. The van der Waals surface area contributed by atoms with Crippen molar-refractivity contribution >= 4 is 5.91 Å². The van der Waals surface area contributed by atoms with Crippen LogP contribution >= 0.6 is 0 Å². The molecule has 0 saturated heterocycles. The molecule has 0 aliphatic rings. The predicted octanol–water partition coefficient (Wildman–Crippen LogP) is 4.09. The third-order valence-corrected chi connectivity index (χ3v) is 4.33. The van der Waals surface area contributed by atoms with Gasteiger partial charge in [-0.2, -0.15) is 0 Å². The Kier molecular flexibility index (Phi) is 5.89. The average Bonchev–Trinajstić information content (AvgIpc) is 2.72. The number of carbonyl (C=O) groups excluding carboxylic acids is 1. The number of hydrogen-bond donors (Lipinski definition) is 1. The van der Waals surface area contributed by atoms with Crippen molar-refractivity contribution in [1.82, 2.24) is 4.90 Å². The third kappa shape index (κ3) is 4.74. The summed E-state index contributed by atoms with van der Waals surface area (Å²) in [4.78, 5) is 14.1. The molecule has 0 unspecified atom stereocenters. The number of ether oxygens (including phenoxy) is 1.